The molecule has 7 nitrogen and oxygen atoms in total. The number of aromatic nitrogens is 5. The largest absolute Gasteiger partial charge is 0.345 e. The van der Waals surface area contributed by atoms with Crippen LogP contribution in [0, 0.1) is 0 Å². The van der Waals surface area contributed by atoms with Gasteiger partial charge in [-0.1, -0.05) is 12.1 Å². The Morgan fingerprint density at radius 3 is 2.76 bits per heavy atom. The van der Waals surface area contributed by atoms with Crippen LogP contribution in [-0.4, -0.2) is 31.1 Å². The smallest absolute Gasteiger partial charge is 0.252 e. The monoisotopic (exact) mass is 330 g/mol. The molecule has 0 spiro atoms. The van der Waals surface area contributed by atoms with E-state index in [0.717, 1.165) is 16.3 Å². The van der Waals surface area contributed by atoms with Gasteiger partial charge in [0.05, 0.1) is 6.54 Å². The molecule has 2 N–H and O–H groups in total. The topological polar surface area (TPSA) is 96.5 Å². The second-order valence-corrected chi connectivity index (χ2v) is 5.43. The molecule has 1 aromatic carbocycles. The maximum Gasteiger partial charge on any atom is 0.252 e. The number of benzene rings is 1. The van der Waals surface area contributed by atoms with Gasteiger partial charge in [-0.3, -0.25) is 19.9 Å². The lowest BCUT2D eigenvalue weighted by atomic mass is 10.1. The van der Waals surface area contributed by atoms with Crippen molar-refractivity contribution >= 4 is 16.7 Å². The summed E-state index contributed by atoms with van der Waals surface area (Å²) in [4.78, 5) is 24.9. The zero-order valence-electron chi connectivity index (χ0n) is 13.2. The van der Waals surface area contributed by atoms with Crippen molar-refractivity contribution in [3.05, 3.63) is 72.6 Å². The van der Waals surface area contributed by atoms with Gasteiger partial charge >= 0.3 is 0 Å². The molecule has 0 saturated carbocycles. The lowest BCUT2D eigenvalue weighted by Gasteiger charge is -2.06. The minimum absolute atomic E-state index is 0.168. The molecule has 0 radical (unpaired) electrons. The number of pyridine rings is 2. The molecule has 1 amide bonds. The highest BCUT2D eigenvalue weighted by Gasteiger charge is 2.11. The standard InChI is InChI=1S/C18H14N6O/c25-18(15-3-1-2-13-10-20-9-6-14(13)15)21-11-16-22-17(24-23-16)12-4-7-19-8-5-12/h1-10H,11H2,(H,21,25)(H,22,23,24). The summed E-state index contributed by atoms with van der Waals surface area (Å²) in [5.74, 6) is 0.989. The first-order valence-electron chi connectivity index (χ1n) is 7.74. The van der Waals surface area contributed by atoms with Crippen LogP contribution >= 0.6 is 0 Å². The van der Waals surface area contributed by atoms with Crippen LogP contribution in [0.2, 0.25) is 0 Å². The van der Waals surface area contributed by atoms with Gasteiger partial charge in [-0.15, -0.1) is 0 Å². The van der Waals surface area contributed by atoms with Crippen molar-refractivity contribution < 1.29 is 4.79 Å². The quantitative estimate of drug-likeness (QED) is 0.599. The van der Waals surface area contributed by atoms with Crippen molar-refractivity contribution in [1.82, 2.24) is 30.5 Å². The highest BCUT2D eigenvalue weighted by Crippen LogP contribution is 2.17. The SMILES string of the molecule is O=C(NCc1nc(-c2ccncc2)n[nH]1)c1cccc2cnccc12. The van der Waals surface area contributed by atoms with Gasteiger partial charge in [0.15, 0.2) is 5.82 Å². The molecule has 0 bridgehead atoms. The highest BCUT2D eigenvalue weighted by molar-refractivity contribution is 6.06. The third kappa shape index (κ3) is 3.07. The molecule has 7 heteroatoms. The molecule has 0 saturated heterocycles. The van der Waals surface area contributed by atoms with Crippen LogP contribution in [0.5, 0.6) is 0 Å². The van der Waals surface area contributed by atoms with E-state index in [1.807, 2.05) is 30.3 Å². The van der Waals surface area contributed by atoms with Gasteiger partial charge in [-0.2, -0.15) is 5.10 Å². The molecule has 4 aromatic rings. The Morgan fingerprint density at radius 2 is 1.88 bits per heavy atom. The number of carbonyl (C=O) groups is 1. The molecule has 3 heterocycles. The van der Waals surface area contributed by atoms with Crippen LogP contribution < -0.4 is 5.32 Å². The number of carbonyl (C=O) groups excluding carboxylic acids is 1. The molecule has 25 heavy (non-hydrogen) atoms. The number of fused-ring (bicyclic) bond motifs is 1. The number of nitrogens with zero attached hydrogens (tertiary/aromatic N) is 4. The van der Waals surface area contributed by atoms with Crippen molar-refractivity contribution in [2.45, 2.75) is 6.54 Å². The number of H-pyrrole nitrogens is 1. The zero-order valence-corrected chi connectivity index (χ0v) is 13.2. The third-order valence-electron chi connectivity index (χ3n) is 3.81. The molecule has 122 valence electrons. The molecule has 3 aromatic heterocycles. The van der Waals surface area contributed by atoms with Crippen LogP contribution in [0.15, 0.2) is 61.2 Å². The number of aromatic amines is 1. The van der Waals surface area contributed by atoms with Crippen LogP contribution in [-0.2, 0) is 6.54 Å². The van der Waals surface area contributed by atoms with Gasteiger partial charge in [-0.05, 0) is 29.7 Å². The minimum Gasteiger partial charge on any atom is -0.345 e. The number of hydrogen-bond donors (Lipinski definition) is 2. The molecule has 0 fully saturated rings. The van der Waals surface area contributed by atoms with Crippen LogP contribution in [0.4, 0.5) is 0 Å². The highest BCUT2D eigenvalue weighted by atomic mass is 16.1. The number of amides is 1. The second-order valence-electron chi connectivity index (χ2n) is 5.43. The van der Waals surface area contributed by atoms with Crippen LogP contribution in [0.3, 0.4) is 0 Å². The number of nitrogens with one attached hydrogen (secondary N) is 2. The molecule has 0 aliphatic carbocycles. The average Bonchev–Trinajstić information content (AvgIpc) is 3.15. The normalized spacial score (nSPS) is 10.7. The Morgan fingerprint density at radius 1 is 1.04 bits per heavy atom. The van der Waals surface area contributed by atoms with Gasteiger partial charge in [0, 0.05) is 41.3 Å². The van der Waals surface area contributed by atoms with Crippen molar-refractivity contribution in [1.29, 1.82) is 0 Å². The minimum atomic E-state index is -0.168. The van der Waals surface area contributed by atoms with Crippen molar-refractivity contribution in [2.75, 3.05) is 0 Å². The fourth-order valence-corrected chi connectivity index (χ4v) is 2.58. The summed E-state index contributed by atoms with van der Waals surface area (Å²) in [6.45, 7) is 0.262. The van der Waals surface area contributed by atoms with Gasteiger partial charge in [0.1, 0.15) is 5.82 Å². The van der Waals surface area contributed by atoms with Gasteiger partial charge in [-0.25, -0.2) is 4.98 Å². The van der Waals surface area contributed by atoms with Crippen molar-refractivity contribution in [3.63, 3.8) is 0 Å². The Kier molecular flexibility index (Phi) is 3.88. The predicted molar refractivity (Wildman–Crippen MR) is 92.5 cm³/mol. The van der Waals surface area contributed by atoms with E-state index in [1.165, 1.54) is 0 Å². The summed E-state index contributed by atoms with van der Waals surface area (Å²) in [6, 6.07) is 11.1. The molecule has 0 atom stereocenters. The molecular weight excluding hydrogens is 316 g/mol. The average molecular weight is 330 g/mol. The maximum absolute atomic E-state index is 12.5. The Bertz CT molecular complexity index is 1020. The van der Waals surface area contributed by atoms with Gasteiger partial charge in [0.2, 0.25) is 0 Å². The fraction of sp³-hybridized carbons (Fsp3) is 0.0556. The zero-order chi connectivity index (χ0) is 17.1. The third-order valence-corrected chi connectivity index (χ3v) is 3.81. The van der Waals surface area contributed by atoms with E-state index < -0.39 is 0 Å². The molecule has 0 aliphatic rings. The lowest BCUT2D eigenvalue weighted by molar-refractivity contribution is 0.0951. The summed E-state index contributed by atoms with van der Waals surface area (Å²) in [5, 5.41) is 11.7. The first kappa shape index (κ1) is 14.9. The van der Waals surface area contributed by atoms with Crippen LogP contribution in [0.25, 0.3) is 22.2 Å². The van der Waals surface area contributed by atoms with E-state index in [4.69, 9.17) is 0 Å². The second kappa shape index (κ2) is 6.48. The van der Waals surface area contributed by atoms with Gasteiger partial charge in [0.25, 0.3) is 5.91 Å². The summed E-state index contributed by atoms with van der Waals surface area (Å²) in [5.41, 5.74) is 1.47. The molecule has 4 rings (SSSR count). The van der Waals surface area contributed by atoms with E-state index in [-0.39, 0.29) is 12.5 Å². The van der Waals surface area contributed by atoms with Gasteiger partial charge < -0.3 is 5.32 Å². The number of hydrogen-bond acceptors (Lipinski definition) is 5. The molecular formula is C18H14N6O. The Balaban J connectivity index is 1.50. The van der Waals surface area contributed by atoms with E-state index in [1.54, 1.807) is 30.9 Å². The molecule has 0 unspecified atom stereocenters. The Labute approximate surface area is 143 Å². The lowest BCUT2D eigenvalue weighted by Crippen LogP contribution is -2.23. The summed E-state index contributed by atoms with van der Waals surface area (Å²) < 4.78 is 0. The first-order valence-corrected chi connectivity index (χ1v) is 7.74. The van der Waals surface area contributed by atoms with E-state index in [9.17, 15) is 4.79 Å². The summed E-state index contributed by atoms with van der Waals surface area (Å²) in [7, 11) is 0. The van der Waals surface area contributed by atoms with E-state index >= 15 is 0 Å². The predicted octanol–water partition coefficient (Wildman–Crippen LogP) is 2.34. The first-order chi connectivity index (χ1) is 12.3. The summed E-state index contributed by atoms with van der Waals surface area (Å²) in [6.07, 6.45) is 6.78. The fourth-order valence-electron chi connectivity index (χ4n) is 2.58. The molecule has 0 aliphatic heterocycles. The van der Waals surface area contributed by atoms with Crippen molar-refractivity contribution in [3.8, 4) is 11.4 Å². The Hall–Kier alpha value is -3.61. The number of rotatable bonds is 4. The van der Waals surface area contributed by atoms with E-state index in [0.29, 0.717) is 17.2 Å². The van der Waals surface area contributed by atoms with Crippen molar-refractivity contribution in [2.24, 2.45) is 0 Å². The maximum atomic E-state index is 12.5. The van der Waals surface area contributed by atoms with E-state index in [2.05, 4.69) is 30.5 Å². The van der Waals surface area contributed by atoms with Crippen LogP contribution in [0.1, 0.15) is 16.2 Å². The summed E-state index contributed by atoms with van der Waals surface area (Å²) >= 11 is 0.